The van der Waals surface area contributed by atoms with E-state index in [9.17, 15) is 19.7 Å². The normalized spacial score (nSPS) is 24.5. The summed E-state index contributed by atoms with van der Waals surface area (Å²) in [6.45, 7) is 4.74. The molecule has 0 bridgehead atoms. The first kappa shape index (κ1) is 23.1. The smallest absolute Gasteiger partial charge is 0.294 e. The second kappa shape index (κ2) is 9.20. The van der Waals surface area contributed by atoms with E-state index in [1.165, 1.54) is 11.0 Å². The fraction of sp³-hybridized carbons (Fsp3) is 0.462. The summed E-state index contributed by atoms with van der Waals surface area (Å²) in [5.74, 6) is 0.134. The van der Waals surface area contributed by atoms with Crippen LogP contribution in [0.15, 0.2) is 42.5 Å². The van der Waals surface area contributed by atoms with E-state index < -0.39 is 4.92 Å². The molecule has 2 aromatic rings. The predicted molar refractivity (Wildman–Crippen MR) is 133 cm³/mol. The van der Waals surface area contributed by atoms with E-state index in [-0.39, 0.29) is 29.3 Å². The van der Waals surface area contributed by atoms with E-state index in [4.69, 9.17) is 4.74 Å². The Morgan fingerprint density at radius 1 is 0.914 bits per heavy atom. The third-order valence-electron chi connectivity index (χ3n) is 7.64. The van der Waals surface area contributed by atoms with Gasteiger partial charge < -0.3 is 14.5 Å². The molecule has 0 radical (unpaired) electrons. The minimum atomic E-state index is -0.423. The van der Waals surface area contributed by atoms with Crippen LogP contribution in [0.5, 0.6) is 5.75 Å². The van der Waals surface area contributed by atoms with Crippen LogP contribution in [-0.4, -0.2) is 50.0 Å². The molecule has 0 unspecified atom stereocenters. The number of fused-ring (bicyclic) bond motifs is 1. The molecule has 184 valence electrons. The number of rotatable bonds is 5. The van der Waals surface area contributed by atoms with Crippen LogP contribution in [0.4, 0.5) is 22.7 Å². The lowest BCUT2D eigenvalue weighted by Crippen LogP contribution is -2.46. The molecule has 0 aromatic heterocycles. The van der Waals surface area contributed by atoms with Gasteiger partial charge in [0.15, 0.2) is 0 Å². The van der Waals surface area contributed by atoms with Gasteiger partial charge in [0.1, 0.15) is 11.4 Å². The van der Waals surface area contributed by atoms with Crippen LogP contribution >= 0.6 is 0 Å². The van der Waals surface area contributed by atoms with Gasteiger partial charge in [-0.05, 0) is 49.4 Å². The van der Waals surface area contributed by atoms with E-state index in [2.05, 4.69) is 11.8 Å². The Morgan fingerprint density at radius 2 is 1.63 bits per heavy atom. The summed E-state index contributed by atoms with van der Waals surface area (Å²) in [6, 6.07) is 12.6. The van der Waals surface area contributed by atoms with Crippen molar-refractivity contribution in [3.63, 3.8) is 0 Å². The standard InChI is InChI=1S/C26H30N4O5/c1-17-6-8-21-22(14-17)26(32)29(25(21)31)19-7-9-23(24(16-19)30(33)34)28-12-10-27(11-13-28)18-4-3-5-20(15-18)35-2/h3-5,7,9,15-17,21-22H,6,8,10-14H2,1-2H3/t17-,21-,22+/m1/s1. The molecule has 3 fully saturated rings. The SMILES string of the molecule is COc1cccc(N2CCN(c3ccc(N4C(=O)[C@H]5C[C@H](C)CC[C@H]5C4=O)cc3[N+](=O)[O-])CC2)c1. The van der Waals surface area contributed by atoms with Gasteiger partial charge in [0.2, 0.25) is 11.8 Å². The highest BCUT2D eigenvalue weighted by molar-refractivity contribution is 6.22. The highest BCUT2D eigenvalue weighted by Gasteiger charge is 2.50. The highest BCUT2D eigenvalue weighted by atomic mass is 16.6. The highest BCUT2D eigenvalue weighted by Crippen LogP contribution is 2.43. The van der Waals surface area contributed by atoms with Crippen molar-refractivity contribution in [2.75, 3.05) is 48.0 Å². The van der Waals surface area contributed by atoms with Crippen molar-refractivity contribution in [3.8, 4) is 5.75 Å². The van der Waals surface area contributed by atoms with Gasteiger partial charge in [0.25, 0.3) is 5.69 Å². The van der Waals surface area contributed by atoms with Gasteiger partial charge in [-0.1, -0.05) is 13.0 Å². The molecule has 9 nitrogen and oxygen atoms in total. The maximum absolute atomic E-state index is 13.1. The average Bonchev–Trinajstić information content (AvgIpc) is 3.12. The number of carbonyl (C=O) groups is 2. The number of nitro benzene ring substituents is 1. The van der Waals surface area contributed by atoms with Crippen LogP contribution in [0.1, 0.15) is 26.2 Å². The van der Waals surface area contributed by atoms with Crippen LogP contribution in [0.2, 0.25) is 0 Å². The molecular weight excluding hydrogens is 448 g/mol. The van der Waals surface area contributed by atoms with E-state index in [0.29, 0.717) is 56.3 Å². The van der Waals surface area contributed by atoms with Crippen molar-refractivity contribution in [1.29, 1.82) is 0 Å². The van der Waals surface area contributed by atoms with E-state index in [1.807, 2.05) is 29.2 Å². The molecule has 1 saturated carbocycles. The van der Waals surface area contributed by atoms with Crippen molar-refractivity contribution >= 4 is 34.6 Å². The molecule has 35 heavy (non-hydrogen) atoms. The number of amides is 2. The van der Waals surface area contributed by atoms with Gasteiger partial charge >= 0.3 is 0 Å². The minimum Gasteiger partial charge on any atom is -0.497 e. The molecule has 1 aliphatic carbocycles. The van der Waals surface area contributed by atoms with Gasteiger partial charge in [-0.2, -0.15) is 0 Å². The molecule has 5 rings (SSSR count). The lowest BCUT2D eigenvalue weighted by Gasteiger charge is -2.37. The van der Waals surface area contributed by atoms with E-state index in [1.54, 1.807) is 19.2 Å². The lowest BCUT2D eigenvalue weighted by atomic mass is 9.76. The fourth-order valence-electron chi connectivity index (χ4n) is 5.72. The Balaban J connectivity index is 1.36. The van der Waals surface area contributed by atoms with Crippen LogP contribution < -0.4 is 19.4 Å². The fourth-order valence-corrected chi connectivity index (χ4v) is 5.72. The number of imide groups is 1. The molecule has 2 aliphatic heterocycles. The first-order valence-corrected chi connectivity index (χ1v) is 12.2. The number of nitro groups is 1. The summed E-state index contributed by atoms with van der Waals surface area (Å²) in [7, 11) is 1.64. The molecule has 3 atom stereocenters. The summed E-state index contributed by atoms with van der Waals surface area (Å²) >= 11 is 0. The van der Waals surface area contributed by atoms with Crippen molar-refractivity contribution in [2.24, 2.45) is 17.8 Å². The Kier molecular flexibility index (Phi) is 6.08. The quantitative estimate of drug-likeness (QED) is 0.366. The maximum Gasteiger partial charge on any atom is 0.294 e. The van der Waals surface area contributed by atoms with Gasteiger partial charge in [-0.3, -0.25) is 19.7 Å². The second-order valence-electron chi connectivity index (χ2n) is 9.75. The molecule has 2 heterocycles. The Hall–Kier alpha value is -3.62. The topological polar surface area (TPSA) is 96.2 Å². The summed E-state index contributed by atoms with van der Waals surface area (Å²) < 4.78 is 5.32. The van der Waals surface area contributed by atoms with Gasteiger partial charge in [-0.25, -0.2) is 4.90 Å². The lowest BCUT2D eigenvalue weighted by molar-refractivity contribution is -0.384. The van der Waals surface area contributed by atoms with Gasteiger partial charge in [0.05, 0.1) is 29.6 Å². The molecule has 2 aromatic carbocycles. The minimum absolute atomic E-state index is 0.0822. The van der Waals surface area contributed by atoms with Gasteiger partial charge in [-0.15, -0.1) is 0 Å². The monoisotopic (exact) mass is 478 g/mol. The Labute approximate surface area is 204 Å². The number of hydrogen-bond acceptors (Lipinski definition) is 7. The number of piperazine rings is 1. The van der Waals surface area contributed by atoms with Crippen molar-refractivity contribution in [2.45, 2.75) is 26.2 Å². The second-order valence-corrected chi connectivity index (χ2v) is 9.75. The molecule has 0 spiro atoms. The number of carbonyl (C=O) groups excluding carboxylic acids is 2. The largest absolute Gasteiger partial charge is 0.497 e. The third kappa shape index (κ3) is 4.19. The van der Waals surface area contributed by atoms with E-state index in [0.717, 1.165) is 17.9 Å². The van der Waals surface area contributed by atoms with Crippen molar-refractivity contribution in [1.82, 2.24) is 0 Å². The number of methoxy groups -OCH3 is 1. The summed E-state index contributed by atoms with van der Waals surface area (Å²) in [4.78, 5) is 43.1. The van der Waals surface area contributed by atoms with E-state index >= 15 is 0 Å². The third-order valence-corrected chi connectivity index (χ3v) is 7.64. The molecule has 3 aliphatic rings. The Morgan fingerprint density at radius 3 is 2.34 bits per heavy atom. The van der Waals surface area contributed by atoms with Crippen LogP contribution in [0.3, 0.4) is 0 Å². The average molecular weight is 479 g/mol. The Bertz CT molecular complexity index is 1160. The number of benzene rings is 2. The number of nitrogens with zero attached hydrogens (tertiary/aromatic N) is 4. The van der Waals surface area contributed by atoms with Crippen LogP contribution in [-0.2, 0) is 9.59 Å². The predicted octanol–water partition coefficient (Wildman–Crippen LogP) is 3.86. The first-order chi connectivity index (χ1) is 16.9. The molecule has 2 saturated heterocycles. The number of anilines is 3. The van der Waals surface area contributed by atoms with Crippen molar-refractivity contribution in [3.05, 3.63) is 52.6 Å². The summed E-state index contributed by atoms with van der Waals surface area (Å²) in [5.41, 5.74) is 1.78. The van der Waals surface area contributed by atoms with Gasteiger partial charge in [0, 0.05) is 44.0 Å². The zero-order chi connectivity index (χ0) is 24.7. The van der Waals surface area contributed by atoms with Crippen LogP contribution in [0.25, 0.3) is 0 Å². The summed E-state index contributed by atoms with van der Waals surface area (Å²) in [5, 5.41) is 12.0. The molecule has 0 N–H and O–H groups in total. The van der Waals surface area contributed by atoms with Crippen molar-refractivity contribution < 1.29 is 19.2 Å². The zero-order valence-electron chi connectivity index (χ0n) is 20.1. The molecule has 9 heteroatoms. The number of ether oxygens (including phenoxy) is 1. The zero-order valence-corrected chi connectivity index (χ0v) is 20.1. The first-order valence-electron chi connectivity index (χ1n) is 12.2. The number of hydrogen-bond donors (Lipinski definition) is 0. The summed E-state index contributed by atoms with van der Waals surface area (Å²) in [6.07, 6.45) is 2.32. The molecule has 2 amide bonds. The molecular formula is C26H30N4O5. The van der Waals surface area contributed by atoms with Crippen LogP contribution in [0, 0.1) is 27.9 Å². The maximum atomic E-state index is 13.1.